The van der Waals surface area contributed by atoms with Gasteiger partial charge in [0.15, 0.2) is 0 Å². The number of hydrogen-bond donors (Lipinski definition) is 0. The van der Waals surface area contributed by atoms with Crippen LogP contribution in [0.25, 0.3) is 0 Å². The van der Waals surface area contributed by atoms with Crippen molar-refractivity contribution in [3.8, 4) is 6.07 Å². The minimum Gasteiger partial charge on any atom is -0.317 e. The molecule has 0 radical (unpaired) electrons. The number of aromatic nitrogens is 2. The lowest BCUT2D eigenvalue weighted by Gasteiger charge is -2.09. The first-order chi connectivity index (χ1) is 6.92. The van der Waals surface area contributed by atoms with Crippen LogP contribution >= 0.6 is 0 Å². The first-order valence-electron chi connectivity index (χ1n) is 4.34. The van der Waals surface area contributed by atoms with Gasteiger partial charge in [-0.25, -0.2) is 4.98 Å². The van der Waals surface area contributed by atoms with Gasteiger partial charge in [0.1, 0.15) is 6.04 Å². The van der Waals surface area contributed by atoms with E-state index in [1.165, 1.54) is 0 Å². The fraction of sp³-hybridized carbons (Fsp3) is 0.0909. The second-order valence-corrected chi connectivity index (χ2v) is 2.95. The number of nitriles is 1. The molecule has 3 heteroatoms. The van der Waals surface area contributed by atoms with E-state index in [9.17, 15) is 0 Å². The maximum Gasteiger partial charge on any atom is 0.147 e. The summed E-state index contributed by atoms with van der Waals surface area (Å²) in [7, 11) is 0. The molecule has 1 atom stereocenters. The average molecular weight is 183 g/mol. The standard InChI is InChI=1S/C11H9N3/c12-8-11(14-7-6-13-9-14)10-4-2-1-3-5-10/h1-7,9,11H. The average Bonchev–Trinajstić information content (AvgIpc) is 2.74. The Morgan fingerprint density at radius 3 is 2.64 bits per heavy atom. The van der Waals surface area contributed by atoms with E-state index in [4.69, 9.17) is 5.26 Å². The van der Waals surface area contributed by atoms with E-state index in [1.807, 2.05) is 30.3 Å². The highest BCUT2D eigenvalue weighted by molar-refractivity contribution is 5.24. The quantitative estimate of drug-likeness (QED) is 0.714. The van der Waals surface area contributed by atoms with Crippen LogP contribution in [0.4, 0.5) is 0 Å². The Morgan fingerprint density at radius 2 is 2.07 bits per heavy atom. The fourth-order valence-electron chi connectivity index (χ4n) is 1.37. The fourth-order valence-corrected chi connectivity index (χ4v) is 1.37. The van der Waals surface area contributed by atoms with Crippen LogP contribution in [0.2, 0.25) is 0 Å². The zero-order valence-electron chi connectivity index (χ0n) is 7.54. The van der Waals surface area contributed by atoms with Crippen molar-refractivity contribution in [1.82, 2.24) is 9.55 Å². The van der Waals surface area contributed by atoms with Crippen molar-refractivity contribution in [1.29, 1.82) is 5.26 Å². The van der Waals surface area contributed by atoms with E-state index in [2.05, 4.69) is 11.1 Å². The van der Waals surface area contributed by atoms with Crippen molar-refractivity contribution in [3.63, 3.8) is 0 Å². The molecular formula is C11H9N3. The summed E-state index contributed by atoms with van der Waals surface area (Å²) in [6, 6.07) is 11.6. The molecule has 0 fully saturated rings. The van der Waals surface area contributed by atoms with Crippen molar-refractivity contribution < 1.29 is 0 Å². The molecule has 1 aromatic carbocycles. The number of nitrogens with zero attached hydrogens (tertiary/aromatic N) is 3. The lowest BCUT2D eigenvalue weighted by atomic mass is 10.1. The number of hydrogen-bond acceptors (Lipinski definition) is 2. The van der Waals surface area contributed by atoms with Gasteiger partial charge in [0.25, 0.3) is 0 Å². The highest BCUT2D eigenvalue weighted by atomic mass is 15.0. The summed E-state index contributed by atoms with van der Waals surface area (Å²) in [5.74, 6) is 0. The van der Waals surface area contributed by atoms with Crippen LogP contribution in [0.3, 0.4) is 0 Å². The highest BCUT2D eigenvalue weighted by Crippen LogP contribution is 2.16. The summed E-state index contributed by atoms with van der Waals surface area (Å²) in [5, 5.41) is 9.05. The molecule has 0 saturated carbocycles. The van der Waals surface area contributed by atoms with Crippen LogP contribution in [0.15, 0.2) is 49.1 Å². The first-order valence-corrected chi connectivity index (χ1v) is 4.34. The van der Waals surface area contributed by atoms with Crippen LogP contribution in [-0.4, -0.2) is 9.55 Å². The van der Waals surface area contributed by atoms with E-state index in [-0.39, 0.29) is 6.04 Å². The summed E-state index contributed by atoms with van der Waals surface area (Å²) in [4.78, 5) is 3.93. The summed E-state index contributed by atoms with van der Waals surface area (Å²) < 4.78 is 1.79. The summed E-state index contributed by atoms with van der Waals surface area (Å²) in [5.41, 5.74) is 0.980. The Morgan fingerprint density at radius 1 is 1.29 bits per heavy atom. The number of rotatable bonds is 2. The zero-order valence-corrected chi connectivity index (χ0v) is 7.54. The minimum atomic E-state index is -0.279. The van der Waals surface area contributed by atoms with Gasteiger partial charge in [-0.3, -0.25) is 0 Å². The molecule has 1 unspecified atom stereocenters. The molecule has 0 aliphatic carbocycles. The van der Waals surface area contributed by atoms with Crippen molar-refractivity contribution >= 4 is 0 Å². The van der Waals surface area contributed by atoms with Gasteiger partial charge >= 0.3 is 0 Å². The Balaban J connectivity index is 2.38. The van der Waals surface area contributed by atoms with Gasteiger partial charge in [-0.15, -0.1) is 0 Å². The van der Waals surface area contributed by atoms with E-state index < -0.39 is 0 Å². The topological polar surface area (TPSA) is 41.6 Å². The van der Waals surface area contributed by atoms with Crippen LogP contribution in [0.5, 0.6) is 0 Å². The lowest BCUT2D eigenvalue weighted by molar-refractivity contribution is 0.710. The summed E-state index contributed by atoms with van der Waals surface area (Å²) >= 11 is 0. The Bertz CT molecular complexity index is 425. The van der Waals surface area contributed by atoms with Crippen molar-refractivity contribution in [2.45, 2.75) is 6.04 Å². The van der Waals surface area contributed by atoms with Crippen molar-refractivity contribution in [3.05, 3.63) is 54.6 Å². The van der Waals surface area contributed by atoms with Gasteiger partial charge in [0.2, 0.25) is 0 Å². The van der Waals surface area contributed by atoms with Crippen molar-refractivity contribution in [2.75, 3.05) is 0 Å². The first kappa shape index (κ1) is 8.52. The molecule has 2 rings (SSSR count). The SMILES string of the molecule is N#CC(c1ccccc1)n1ccnc1. The molecular weight excluding hydrogens is 174 g/mol. The molecule has 14 heavy (non-hydrogen) atoms. The third kappa shape index (κ3) is 1.50. The smallest absolute Gasteiger partial charge is 0.147 e. The number of imidazole rings is 1. The molecule has 68 valence electrons. The third-order valence-corrected chi connectivity index (χ3v) is 2.06. The van der Waals surface area contributed by atoms with Gasteiger partial charge < -0.3 is 4.57 Å². The molecule has 0 aliphatic rings. The monoisotopic (exact) mass is 183 g/mol. The van der Waals surface area contributed by atoms with Gasteiger partial charge in [-0.2, -0.15) is 5.26 Å². The predicted octanol–water partition coefficient (Wildman–Crippen LogP) is 2.00. The van der Waals surface area contributed by atoms with Gasteiger partial charge in [0, 0.05) is 12.4 Å². The van der Waals surface area contributed by atoms with Gasteiger partial charge in [0.05, 0.1) is 12.4 Å². The molecule has 0 amide bonds. The van der Waals surface area contributed by atoms with E-state index >= 15 is 0 Å². The van der Waals surface area contributed by atoms with Gasteiger partial charge in [-0.05, 0) is 5.56 Å². The number of benzene rings is 1. The van der Waals surface area contributed by atoms with E-state index in [1.54, 1.807) is 23.3 Å². The molecule has 0 saturated heterocycles. The predicted molar refractivity (Wildman–Crippen MR) is 52.4 cm³/mol. The van der Waals surface area contributed by atoms with Crippen LogP contribution in [0.1, 0.15) is 11.6 Å². The maximum atomic E-state index is 9.05. The lowest BCUT2D eigenvalue weighted by Crippen LogP contribution is -2.05. The van der Waals surface area contributed by atoms with Crippen LogP contribution < -0.4 is 0 Å². The Labute approximate surface area is 82.2 Å². The molecule has 2 aromatic rings. The molecule has 1 heterocycles. The second-order valence-electron chi connectivity index (χ2n) is 2.95. The van der Waals surface area contributed by atoms with Crippen LogP contribution in [-0.2, 0) is 0 Å². The Hall–Kier alpha value is -2.08. The zero-order chi connectivity index (χ0) is 9.80. The van der Waals surface area contributed by atoms with E-state index in [0.29, 0.717) is 0 Å². The summed E-state index contributed by atoms with van der Waals surface area (Å²) in [6.07, 6.45) is 5.12. The molecule has 3 nitrogen and oxygen atoms in total. The van der Waals surface area contributed by atoms with Crippen LogP contribution in [0, 0.1) is 11.3 Å². The maximum absolute atomic E-state index is 9.05. The molecule has 0 N–H and O–H groups in total. The molecule has 0 bridgehead atoms. The molecule has 1 aromatic heterocycles. The largest absolute Gasteiger partial charge is 0.317 e. The van der Waals surface area contributed by atoms with Gasteiger partial charge in [-0.1, -0.05) is 30.3 Å². The van der Waals surface area contributed by atoms with E-state index in [0.717, 1.165) is 5.56 Å². The molecule has 0 spiro atoms. The minimum absolute atomic E-state index is 0.279. The normalized spacial score (nSPS) is 11.9. The third-order valence-electron chi connectivity index (χ3n) is 2.06. The summed E-state index contributed by atoms with van der Waals surface area (Å²) in [6.45, 7) is 0. The Kier molecular flexibility index (Phi) is 2.28. The highest BCUT2D eigenvalue weighted by Gasteiger charge is 2.10. The molecule has 0 aliphatic heterocycles. The second kappa shape index (κ2) is 3.75. The van der Waals surface area contributed by atoms with Crippen molar-refractivity contribution in [2.24, 2.45) is 0 Å².